The molecule has 1 aliphatic heterocycles. The molecule has 0 fully saturated rings. The quantitative estimate of drug-likeness (QED) is 0.647. The second-order valence-corrected chi connectivity index (χ2v) is 6.28. The third-order valence-corrected chi connectivity index (χ3v) is 4.58. The maximum Gasteiger partial charge on any atom is 0.226 e. The maximum atomic E-state index is 13.3. The van der Waals surface area contributed by atoms with Crippen LogP contribution in [0.15, 0.2) is 48.5 Å². The Kier molecular flexibility index (Phi) is 4.60. The first-order valence-electron chi connectivity index (χ1n) is 8.64. The second kappa shape index (κ2) is 7.20. The maximum absolute atomic E-state index is 13.3. The van der Waals surface area contributed by atoms with E-state index in [2.05, 4.69) is 15.5 Å². The normalized spacial score (nSPS) is 15.9. The number of carbonyl (C=O) groups is 1. The van der Waals surface area contributed by atoms with Gasteiger partial charge in [-0.25, -0.2) is 4.39 Å². The molecule has 2 heterocycles. The van der Waals surface area contributed by atoms with E-state index in [1.54, 1.807) is 12.1 Å². The summed E-state index contributed by atoms with van der Waals surface area (Å²) < 4.78 is 19.0. The van der Waals surface area contributed by atoms with Crippen LogP contribution in [-0.4, -0.2) is 34.4 Å². The number of amides is 1. The van der Waals surface area contributed by atoms with Crippen molar-refractivity contribution >= 4 is 11.7 Å². The summed E-state index contributed by atoms with van der Waals surface area (Å²) in [6.45, 7) is 0.0657. The van der Waals surface area contributed by atoms with E-state index in [0.29, 0.717) is 11.6 Å². The first-order chi connectivity index (χ1) is 13.2. The van der Waals surface area contributed by atoms with E-state index in [1.807, 2.05) is 24.3 Å². The Bertz CT molecular complexity index is 969. The summed E-state index contributed by atoms with van der Waals surface area (Å²) in [7, 11) is 0. The standard InChI is InChI=1S/C20H18FN3O3/c21-13-7-5-12(6-8-13)19-18-15(11-17(26)22-20(18)24-23-19)14-3-1-2-4-16(14)27-10-9-25/h1-8,15,25H,9-11H2,(H2,22,23,24,26)/t15-/m1/s1. The topological polar surface area (TPSA) is 87.2 Å². The van der Waals surface area contributed by atoms with Crippen LogP contribution in [0.25, 0.3) is 11.3 Å². The molecule has 138 valence electrons. The number of aliphatic hydroxyl groups is 1. The van der Waals surface area contributed by atoms with Gasteiger partial charge in [0.05, 0.1) is 12.3 Å². The van der Waals surface area contributed by atoms with Crippen LogP contribution >= 0.6 is 0 Å². The van der Waals surface area contributed by atoms with Gasteiger partial charge in [0.15, 0.2) is 5.82 Å². The molecule has 0 saturated carbocycles. The lowest BCUT2D eigenvalue weighted by atomic mass is 9.84. The SMILES string of the molecule is O=C1C[C@H](c2ccccc2OCCO)c2c(n[nH]c2-c2ccc(F)cc2)N1. The summed E-state index contributed by atoms with van der Waals surface area (Å²) in [5.41, 5.74) is 3.18. The largest absolute Gasteiger partial charge is 0.491 e. The molecule has 0 aliphatic carbocycles. The number of fused-ring (bicyclic) bond motifs is 1. The van der Waals surface area contributed by atoms with Crippen LogP contribution < -0.4 is 10.1 Å². The lowest BCUT2D eigenvalue weighted by Gasteiger charge is -2.25. The Labute approximate surface area is 155 Å². The number of hydrogen-bond donors (Lipinski definition) is 3. The number of aromatic amines is 1. The fourth-order valence-corrected chi connectivity index (χ4v) is 3.41. The van der Waals surface area contributed by atoms with E-state index >= 15 is 0 Å². The highest BCUT2D eigenvalue weighted by atomic mass is 19.1. The highest BCUT2D eigenvalue weighted by molar-refractivity contribution is 5.96. The summed E-state index contributed by atoms with van der Waals surface area (Å²) in [4.78, 5) is 12.2. The molecule has 3 aromatic rings. The number of halogens is 1. The fourth-order valence-electron chi connectivity index (χ4n) is 3.41. The number of aromatic nitrogens is 2. The van der Waals surface area contributed by atoms with Crippen molar-refractivity contribution in [2.75, 3.05) is 18.5 Å². The molecule has 1 aliphatic rings. The highest BCUT2D eigenvalue weighted by Gasteiger charge is 2.33. The minimum absolute atomic E-state index is 0.0999. The molecule has 27 heavy (non-hydrogen) atoms. The predicted molar refractivity (Wildman–Crippen MR) is 98.1 cm³/mol. The molecule has 0 bridgehead atoms. The van der Waals surface area contributed by atoms with E-state index < -0.39 is 0 Å². The number of nitrogens with one attached hydrogen (secondary N) is 2. The second-order valence-electron chi connectivity index (χ2n) is 6.28. The van der Waals surface area contributed by atoms with Crippen molar-refractivity contribution < 1.29 is 19.0 Å². The summed E-state index contributed by atoms with van der Waals surface area (Å²) in [6.07, 6.45) is 0.236. The first kappa shape index (κ1) is 17.2. The number of carbonyl (C=O) groups excluding carboxylic acids is 1. The molecule has 2 aromatic carbocycles. The van der Waals surface area contributed by atoms with Crippen molar-refractivity contribution in [3.8, 4) is 17.0 Å². The summed E-state index contributed by atoms with van der Waals surface area (Å²) in [5, 5.41) is 19.1. The predicted octanol–water partition coefficient (Wildman–Crippen LogP) is 3.06. The fraction of sp³-hybridized carbons (Fsp3) is 0.200. The van der Waals surface area contributed by atoms with Crippen LogP contribution in [0, 0.1) is 5.82 Å². The Morgan fingerprint density at radius 2 is 1.96 bits per heavy atom. The van der Waals surface area contributed by atoms with E-state index in [0.717, 1.165) is 22.4 Å². The van der Waals surface area contributed by atoms with E-state index in [4.69, 9.17) is 9.84 Å². The molecule has 0 spiro atoms. The molecule has 3 N–H and O–H groups in total. The smallest absolute Gasteiger partial charge is 0.226 e. The van der Waals surface area contributed by atoms with Gasteiger partial charge in [0.2, 0.25) is 5.91 Å². The van der Waals surface area contributed by atoms with E-state index in [-0.39, 0.29) is 37.3 Å². The molecule has 0 saturated heterocycles. The van der Waals surface area contributed by atoms with E-state index in [1.165, 1.54) is 12.1 Å². The molecule has 6 nitrogen and oxygen atoms in total. The van der Waals surface area contributed by atoms with Crippen LogP contribution in [0.1, 0.15) is 23.5 Å². The van der Waals surface area contributed by atoms with Gasteiger partial charge in [-0.15, -0.1) is 0 Å². The van der Waals surface area contributed by atoms with Crippen LogP contribution in [0.2, 0.25) is 0 Å². The van der Waals surface area contributed by atoms with Crippen LogP contribution in [0.5, 0.6) is 5.75 Å². The number of nitrogens with zero attached hydrogens (tertiary/aromatic N) is 1. The number of aliphatic hydroxyl groups excluding tert-OH is 1. The highest BCUT2D eigenvalue weighted by Crippen LogP contribution is 2.44. The number of hydrogen-bond acceptors (Lipinski definition) is 4. The lowest BCUT2D eigenvalue weighted by molar-refractivity contribution is -0.116. The number of ether oxygens (including phenoxy) is 1. The molecular formula is C20H18FN3O3. The van der Waals surface area contributed by atoms with Crippen LogP contribution in [-0.2, 0) is 4.79 Å². The van der Waals surface area contributed by atoms with Gasteiger partial charge in [0, 0.05) is 29.0 Å². The third kappa shape index (κ3) is 3.29. The third-order valence-electron chi connectivity index (χ3n) is 4.58. The van der Waals surface area contributed by atoms with E-state index in [9.17, 15) is 9.18 Å². The van der Waals surface area contributed by atoms with Crippen molar-refractivity contribution in [1.29, 1.82) is 0 Å². The number of benzene rings is 2. The summed E-state index contributed by atoms with van der Waals surface area (Å²) in [5.74, 6) is 0.347. The summed E-state index contributed by atoms with van der Waals surface area (Å²) in [6, 6.07) is 13.6. The minimum atomic E-state index is -0.320. The molecule has 1 aromatic heterocycles. The zero-order chi connectivity index (χ0) is 18.8. The monoisotopic (exact) mass is 367 g/mol. The zero-order valence-electron chi connectivity index (χ0n) is 14.4. The van der Waals surface area contributed by atoms with Crippen LogP contribution in [0.4, 0.5) is 10.2 Å². The average Bonchev–Trinajstić information content (AvgIpc) is 3.10. The van der Waals surface area contributed by atoms with Crippen LogP contribution in [0.3, 0.4) is 0 Å². The van der Waals surface area contributed by atoms with Crippen molar-refractivity contribution in [1.82, 2.24) is 10.2 Å². The van der Waals surface area contributed by atoms with Gasteiger partial charge in [-0.2, -0.15) is 5.10 Å². The van der Waals surface area contributed by atoms with Crippen molar-refractivity contribution in [3.63, 3.8) is 0 Å². The minimum Gasteiger partial charge on any atom is -0.491 e. The first-order valence-corrected chi connectivity index (χ1v) is 8.64. The average molecular weight is 367 g/mol. The van der Waals surface area contributed by atoms with Crippen molar-refractivity contribution in [2.24, 2.45) is 0 Å². The number of anilines is 1. The van der Waals surface area contributed by atoms with Gasteiger partial charge in [-0.05, 0) is 30.3 Å². The molecule has 1 amide bonds. The Morgan fingerprint density at radius 1 is 1.19 bits per heavy atom. The molecule has 1 atom stereocenters. The molecular weight excluding hydrogens is 349 g/mol. The van der Waals surface area contributed by atoms with Gasteiger partial charge in [-0.3, -0.25) is 9.89 Å². The number of rotatable bonds is 5. The number of H-pyrrole nitrogens is 1. The Hall–Kier alpha value is -3.19. The van der Waals surface area contributed by atoms with Gasteiger partial charge >= 0.3 is 0 Å². The molecule has 0 radical (unpaired) electrons. The van der Waals surface area contributed by atoms with Gasteiger partial charge in [0.25, 0.3) is 0 Å². The lowest BCUT2D eigenvalue weighted by Crippen LogP contribution is -2.23. The molecule has 0 unspecified atom stereocenters. The zero-order valence-corrected chi connectivity index (χ0v) is 14.4. The molecule has 7 heteroatoms. The van der Waals surface area contributed by atoms with Gasteiger partial charge in [-0.1, -0.05) is 18.2 Å². The Balaban J connectivity index is 1.82. The van der Waals surface area contributed by atoms with Gasteiger partial charge in [0.1, 0.15) is 18.2 Å². The van der Waals surface area contributed by atoms with Crippen molar-refractivity contribution in [3.05, 3.63) is 65.5 Å². The Morgan fingerprint density at radius 3 is 2.74 bits per heavy atom. The molecule has 4 rings (SSSR count). The van der Waals surface area contributed by atoms with Gasteiger partial charge < -0.3 is 15.2 Å². The number of para-hydroxylation sites is 1. The van der Waals surface area contributed by atoms with Crippen molar-refractivity contribution in [2.45, 2.75) is 12.3 Å². The summed E-state index contributed by atoms with van der Waals surface area (Å²) >= 11 is 0.